The standard InChI is InChI=1S/C15H9FN2O2/c16-11-3-4-15(13(19)7-11)20-14-2-1-5-18-9-10(8-17)6-12(14)18/h1-7,9,19H. The molecule has 0 unspecified atom stereocenters. The Labute approximate surface area is 113 Å². The summed E-state index contributed by atoms with van der Waals surface area (Å²) in [7, 11) is 0. The van der Waals surface area contributed by atoms with E-state index in [9.17, 15) is 9.50 Å². The summed E-state index contributed by atoms with van der Waals surface area (Å²) in [5.74, 6) is -0.198. The first-order valence-electron chi connectivity index (χ1n) is 5.84. The number of nitriles is 1. The second kappa shape index (κ2) is 4.59. The first-order valence-corrected chi connectivity index (χ1v) is 5.84. The van der Waals surface area contributed by atoms with E-state index < -0.39 is 5.82 Å². The summed E-state index contributed by atoms with van der Waals surface area (Å²) in [6.45, 7) is 0. The zero-order valence-electron chi connectivity index (χ0n) is 10.2. The molecule has 0 aliphatic carbocycles. The van der Waals surface area contributed by atoms with Crippen LogP contribution in [-0.4, -0.2) is 9.51 Å². The maximum absolute atomic E-state index is 12.9. The third-order valence-corrected chi connectivity index (χ3v) is 2.87. The summed E-state index contributed by atoms with van der Waals surface area (Å²) >= 11 is 0. The number of aromatic nitrogens is 1. The monoisotopic (exact) mass is 268 g/mol. The van der Waals surface area contributed by atoms with E-state index in [0.29, 0.717) is 16.8 Å². The molecule has 0 aliphatic heterocycles. The van der Waals surface area contributed by atoms with E-state index in [2.05, 4.69) is 6.07 Å². The molecule has 5 heteroatoms. The second-order valence-corrected chi connectivity index (χ2v) is 4.22. The summed E-state index contributed by atoms with van der Waals surface area (Å²) in [5, 5.41) is 18.6. The minimum atomic E-state index is -0.539. The van der Waals surface area contributed by atoms with Crippen LogP contribution in [0.2, 0.25) is 0 Å². The molecule has 3 rings (SSSR count). The molecule has 0 spiro atoms. The Morgan fingerprint density at radius 2 is 2.05 bits per heavy atom. The van der Waals surface area contributed by atoms with Gasteiger partial charge in [-0.05, 0) is 30.3 Å². The number of ether oxygens (including phenoxy) is 1. The van der Waals surface area contributed by atoms with Crippen molar-refractivity contribution < 1.29 is 14.2 Å². The topological polar surface area (TPSA) is 57.7 Å². The predicted octanol–water partition coefficient (Wildman–Crippen LogP) is 3.45. The van der Waals surface area contributed by atoms with Crippen molar-refractivity contribution in [3.05, 3.63) is 60.2 Å². The molecule has 98 valence electrons. The number of nitrogens with zero attached hydrogens (tertiary/aromatic N) is 2. The Kier molecular flexibility index (Phi) is 2.77. The van der Waals surface area contributed by atoms with Gasteiger partial charge in [-0.3, -0.25) is 0 Å². The molecule has 0 fully saturated rings. The van der Waals surface area contributed by atoms with Crippen LogP contribution in [0.5, 0.6) is 17.2 Å². The van der Waals surface area contributed by atoms with E-state index in [1.165, 1.54) is 12.1 Å². The van der Waals surface area contributed by atoms with E-state index in [4.69, 9.17) is 10.00 Å². The van der Waals surface area contributed by atoms with Crippen LogP contribution in [0, 0.1) is 17.1 Å². The largest absolute Gasteiger partial charge is 0.504 e. The average molecular weight is 268 g/mol. The van der Waals surface area contributed by atoms with Crippen molar-refractivity contribution in [1.29, 1.82) is 5.26 Å². The molecule has 4 nitrogen and oxygen atoms in total. The Morgan fingerprint density at radius 3 is 2.80 bits per heavy atom. The molecule has 1 N–H and O–H groups in total. The van der Waals surface area contributed by atoms with E-state index in [-0.39, 0.29) is 11.5 Å². The van der Waals surface area contributed by atoms with Gasteiger partial charge in [-0.1, -0.05) is 0 Å². The van der Waals surface area contributed by atoms with Gasteiger partial charge in [0.15, 0.2) is 17.2 Å². The number of hydrogen-bond acceptors (Lipinski definition) is 3. The van der Waals surface area contributed by atoms with Gasteiger partial charge < -0.3 is 14.2 Å². The molecule has 2 aromatic heterocycles. The molecule has 0 aliphatic rings. The van der Waals surface area contributed by atoms with Gasteiger partial charge in [0.25, 0.3) is 0 Å². The van der Waals surface area contributed by atoms with Crippen LogP contribution >= 0.6 is 0 Å². The summed E-state index contributed by atoms with van der Waals surface area (Å²) in [6.07, 6.45) is 3.46. The molecule has 3 aromatic rings. The fourth-order valence-electron chi connectivity index (χ4n) is 1.95. The predicted molar refractivity (Wildman–Crippen MR) is 70.3 cm³/mol. The zero-order valence-corrected chi connectivity index (χ0v) is 10.2. The normalized spacial score (nSPS) is 10.4. The average Bonchev–Trinajstić information content (AvgIpc) is 2.86. The first-order chi connectivity index (χ1) is 9.67. The third-order valence-electron chi connectivity index (χ3n) is 2.87. The summed E-state index contributed by atoms with van der Waals surface area (Å²) in [6, 6.07) is 10.7. The number of hydrogen-bond donors (Lipinski definition) is 1. The highest BCUT2D eigenvalue weighted by Gasteiger charge is 2.09. The summed E-state index contributed by atoms with van der Waals surface area (Å²) in [4.78, 5) is 0. The number of fused-ring (bicyclic) bond motifs is 1. The van der Waals surface area contributed by atoms with Crippen LogP contribution < -0.4 is 4.74 Å². The smallest absolute Gasteiger partial charge is 0.169 e. The number of pyridine rings is 1. The lowest BCUT2D eigenvalue weighted by atomic mass is 10.3. The number of aromatic hydroxyl groups is 1. The van der Waals surface area contributed by atoms with Crippen molar-refractivity contribution in [2.24, 2.45) is 0 Å². The van der Waals surface area contributed by atoms with Crippen molar-refractivity contribution in [1.82, 2.24) is 4.40 Å². The Bertz CT molecular complexity index is 833. The van der Waals surface area contributed by atoms with E-state index in [0.717, 1.165) is 6.07 Å². The highest BCUT2D eigenvalue weighted by molar-refractivity contribution is 5.65. The van der Waals surface area contributed by atoms with Gasteiger partial charge >= 0.3 is 0 Å². The maximum Gasteiger partial charge on any atom is 0.169 e. The van der Waals surface area contributed by atoms with Gasteiger partial charge in [-0.15, -0.1) is 0 Å². The Balaban J connectivity index is 2.06. The van der Waals surface area contributed by atoms with Crippen molar-refractivity contribution in [2.75, 3.05) is 0 Å². The molecule has 0 amide bonds. The molecule has 0 bridgehead atoms. The third kappa shape index (κ3) is 2.04. The quantitative estimate of drug-likeness (QED) is 0.774. The van der Waals surface area contributed by atoms with Crippen LogP contribution in [0.4, 0.5) is 4.39 Å². The minimum Gasteiger partial charge on any atom is -0.504 e. The SMILES string of the molecule is N#Cc1cc2c(Oc3ccc(F)cc3O)cccn2c1. The molecule has 20 heavy (non-hydrogen) atoms. The van der Waals surface area contributed by atoms with Crippen molar-refractivity contribution >= 4 is 5.52 Å². The van der Waals surface area contributed by atoms with E-state index in [1.54, 1.807) is 35.0 Å². The lowest BCUT2D eigenvalue weighted by molar-refractivity contribution is 0.408. The molecule has 0 radical (unpaired) electrons. The van der Waals surface area contributed by atoms with Crippen LogP contribution in [0.15, 0.2) is 48.8 Å². The van der Waals surface area contributed by atoms with Crippen molar-refractivity contribution in [3.8, 4) is 23.3 Å². The number of benzene rings is 1. The van der Waals surface area contributed by atoms with Gasteiger partial charge in [-0.2, -0.15) is 5.26 Å². The number of rotatable bonds is 2. The van der Waals surface area contributed by atoms with E-state index >= 15 is 0 Å². The van der Waals surface area contributed by atoms with Crippen LogP contribution in [0.25, 0.3) is 5.52 Å². The van der Waals surface area contributed by atoms with Gasteiger partial charge in [0, 0.05) is 18.5 Å². The second-order valence-electron chi connectivity index (χ2n) is 4.22. The molecule has 0 saturated carbocycles. The van der Waals surface area contributed by atoms with Crippen molar-refractivity contribution in [3.63, 3.8) is 0 Å². The van der Waals surface area contributed by atoms with Gasteiger partial charge in [-0.25, -0.2) is 4.39 Å². The molecule has 2 heterocycles. The lowest BCUT2D eigenvalue weighted by Gasteiger charge is -2.09. The van der Waals surface area contributed by atoms with Crippen LogP contribution in [0.1, 0.15) is 5.56 Å². The maximum atomic E-state index is 12.9. The highest BCUT2D eigenvalue weighted by atomic mass is 19.1. The Hall–Kier alpha value is -3.00. The van der Waals surface area contributed by atoms with Crippen molar-refractivity contribution in [2.45, 2.75) is 0 Å². The highest BCUT2D eigenvalue weighted by Crippen LogP contribution is 2.33. The molecule has 0 saturated heterocycles. The number of phenols is 1. The molecular formula is C15H9FN2O2. The van der Waals surface area contributed by atoms with Gasteiger partial charge in [0.1, 0.15) is 11.9 Å². The zero-order chi connectivity index (χ0) is 14.1. The van der Waals surface area contributed by atoms with E-state index in [1.807, 2.05) is 0 Å². The summed E-state index contributed by atoms with van der Waals surface area (Å²) in [5.41, 5.74) is 1.19. The Morgan fingerprint density at radius 1 is 1.20 bits per heavy atom. The number of phenolic OH excluding ortho intramolecular Hbond substituents is 1. The molecular weight excluding hydrogens is 259 g/mol. The van der Waals surface area contributed by atoms with Gasteiger partial charge in [0.2, 0.25) is 0 Å². The minimum absolute atomic E-state index is 0.152. The van der Waals surface area contributed by atoms with Crippen LogP contribution in [-0.2, 0) is 0 Å². The summed E-state index contributed by atoms with van der Waals surface area (Å²) < 4.78 is 20.3. The molecule has 0 atom stereocenters. The van der Waals surface area contributed by atoms with Gasteiger partial charge in [0.05, 0.1) is 11.1 Å². The molecule has 1 aromatic carbocycles. The fourth-order valence-corrected chi connectivity index (χ4v) is 1.95. The lowest BCUT2D eigenvalue weighted by Crippen LogP contribution is -1.89. The number of halogens is 1. The first kappa shape index (κ1) is 12.1. The van der Waals surface area contributed by atoms with Crippen LogP contribution in [0.3, 0.4) is 0 Å². The fraction of sp³-hybridized carbons (Fsp3) is 0.